The van der Waals surface area contributed by atoms with Crippen LogP contribution < -0.4 is 5.73 Å². The van der Waals surface area contributed by atoms with Crippen LogP contribution in [0.15, 0.2) is 30.3 Å². The number of carbonyl (C=O) groups is 1. The van der Waals surface area contributed by atoms with Crippen LogP contribution in [0, 0.1) is 5.92 Å². The fraction of sp³-hybridized carbons (Fsp3) is 0.533. The highest BCUT2D eigenvalue weighted by Crippen LogP contribution is 2.27. The SMILES string of the molecule is CC1CC(C)N(CC(N)(C(=O)O)c2ccccc2)C1. The third kappa shape index (κ3) is 2.80. The summed E-state index contributed by atoms with van der Waals surface area (Å²) < 4.78 is 0. The first-order chi connectivity index (χ1) is 8.93. The first-order valence-corrected chi connectivity index (χ1v) is 6.75. The van der Waals surface area contributed by atoms with Crippen molar-refractivity contribution in [1.82, 2.24) is 4.90 Å². The van der Waals surface area contributed by atoms with Crippen molar-refractivity contribution in [2.24, 2.45) is 11.7 Å². The minimum absolute atomic E-state index is 0.359. The third-order valence-electron chi connectivity index (χ3n) is 4.04. The Balaban J connectivity index is 2.24. The van der Waals surface area contributed by atoms with Crippen LogP contribution in [0.4, 0.5) is 0 Å². The molecule has 2 rings (SSSR count). The van der Waals surface area contributed by atoms with Crippen LogP contribution in [-0.4, -0.2) is 35.1 Å². The average Bonchev–Trinajstić information content (AvgIpc) is 2.68. The maximum atomic E-state index is 11.6. The standard InChI is InChI=1S/C15H22N2O2/c1-11-8-12(2)17(9-11)10-15(16,14(18)19)13-6-4-3-5-7-13/h3-7,11-12H,8-10,16H2,1-2H3,(H,18,19). The molecule has 1 aromatic rings. The van der Waals surface area contributed by atoms with Gasteiger partial charge in [-0.05, 0) is 24.8 Å². The van der Waals surface area contributed by atoms with E-state index in [1.807, 2.05) is 18.2 Å². The Labute approximate surface area is 114 Å². The summed E-state index contributed by atoms with van der Waals surface area (Å²) in [6.45, 7) is 5.60. The van der Waals surface area contributed by atoms with Crippen molar-refractivity contribution < 1.29 is 9.90 Å². The van der Waals surface area contributed by atoms with Crippen molar-refractivity contribution in [3.05, 3.63) is 35.9 Å². The van der Waals surface area contributed by atoms with Gasteiger partial charge < -0.3 is 10.8 Å². The minimum atomic E-state index is -1.33. The molecule has 1 fully saturated rings. The zero-order chi connectivity index (χ0) is 14.0. The van der Waals surface area contributed by atoms with Gasteiger partial charge in [0.1, 0.15) is 0 Å². The van der Waals surface area contributed by atoms with Crippen LogP contribution in [0.5, 0.6) is 0 Å². The molecular weight excluding hydrogens is 240 g/mol. The number of rotatable bonds is 4. The number of benzene rings is 1. The molecule has 0 radical (unpaired) electrons. The lowest BCUT2D eigenvalue weighted by atomic mass is 9.90. The first-order valence-electron chi connectivity index (χ1n) is 6.75. The summed E-state index contributed by atoms with van der Waals surface area (Å²) in [7, 11) is 0. The molecule has 0 saturated carbocycles. The van der Waals surface area contributed by atoms with Crippen LogP contribution in [0.2, 0.25) is 0 Å². The smallest absolute Gasteiger partial charge is 0.329 e. The zero-order valence-corrected chi connectivity index (χ0v) is 11.5. The van der Waals surface area contributed by atoms with E-state index in [0.717, 1.165) is 13.0 Å². The molecule has 0 bridgehead atoms. The monoisotopic (exact) mass is 262 g/mol. The van der Waals surface area contributed by atoms with Crippen LogP contribution in [0.25, 0.3) is 0 Å². The molecule has 0 spiro atoms. The van der Waals surface area contributed by atoms with E-state index >= 15 is 0 Å². The highest BCUT2D eigenvalue weighted by atomic mass is 16.4. The zero-order valence-electron chi connectivity index (χ0n) is 11.5. The van der Waals surface area contributed by atoms with E-state index in [0.29, 0.717) is 24.1 Å². The van der Waals surface area contributed by atoms with Crippen molar-refractivity contribution >= 4 is 5.97 Å². The van der Waals surface area contributed by atoms with E-state index in [9.17, 15) is 9.90 Å². The molecule has 0 aliphatic carbocycles. The minimum Gasteiger partial charge on any atom is -0.480 e. The molecule has 3 atom stereocenters. The van der Waals surface area contributed by atoms with Gasteiger partial charge in [0.2, 0.25) is 0 Å². The molecule has 0 amide bonds. The Morgan fingerprint density at radius 2 is 2.05 bits per heavy atom. The van der Waals surface area contributed by atoms with Crippen LogP contribution in [-0.2, 0) is 10.3 Å². The van der Waals surface area contributed by atoms with E-state index < -0.39 is 11.5 Å². The van der Waals surface area contributed by atoms with Crippen molar-refractivity contribution in [1.29, 1.82) is 0 Å². The second kappa shape index (κ2) is 5.31. The molecule has 0 aromatic heterocycles. The predicted octanol–water partition coefficient (Wildman–Crippen LogP) is 1.66. The predicted molar refractivity (Wildman–Crippen MR) is 74.8 cm³/mol. The van der Waals surface area contributed by atoms with Gasteiger partial charge in [-0.1, -0.05) is 37.3 Å². The van der Waals surface area contributed by atoms with Crippen LogP contribution in [0.3, 0.4) is 0 Å². The van der Waals surface area contributed by atoms with Crippen molar-refractivity contribution in [3.8, 4) is 0 Å². The second-order valence-corrected chi connectivity index (χ2v) is 5.76. The van der Waals surface area contributed by atoms with E-state index in [1.54, 1.807) is 12.1 Å². The number of hydrogen-bond acceptors (Lipinski definition) is 3. The number of likely N-dealkylation sites (tertiary alicyclic amines) is 1. The van der Waals surface area contributed by atoms with Gasteiger partial charge in [-0.3, -0.25) is 4.90 Å². The fourth-order valence-corrected chi connectivity index (χ4v) is 2.94. The summed E-state index contributed by atoms with van der Waals surface area (Å²) in [5.41, 5.74) is 5.54. The van der Waals surface area contributed by atoms with Crippen LogP contribution >= 0.6 is 0 Å². The molecule has 4 heteroatoms. The normalized spacial score (nSPS) is 27.1. The Kier molecular flexibility index (Phi) is 3.92. The summed E-state index contributed by atoms with van der Waals surface area (Å²) in [4.78, 5) is 13.8. The first kappa shape index (κ1) is 14.0. The summed E-state index contributed by atoms with van der Waals surface area (Å²) in [5.74, 6) is -0.366. The Bertz CT molecular complexity index is 449. The highest BCUT2D eigenvalue weighted by molar-refractivity contribution is 5.80. The lowest BCUT2D eigenvalue weighted by molar-refractivity contribution is -0.144. The highest BCUT2D eigenvalue weighted by Gasteiger charge is 2.40. The summed E-state index contributed by atoms with van der Waals surface area (Å²) >= 11 is 0. The fourth-order valence-electron chi connectivity index (χ4n) is 2.94. The van der Waals surface area contributed by atoms with Crippen molar-refractivity contribution in [2.45, 2.75) is 31.8 Å². The van der Waals surface area contributed by atoms with Crippen molar-refractivity contribution in [2.75, 3.05) is 13.1 Å². The van der Waals surface area contributed by atoms with Crippen LogP contribution in [0.1, 0.15) is 25.8 Å². The lowest BCUT2D eigenvalue weighted by Crippen LogP contribution is -2.54. The number of nitrogens with two attached hydrogens (primary N) is 1. The number of carboxylic acid groups (broad SMARTS) is 1. The van der Waals surface area contributed by atoms with E-state index in [2.05, 4.69) is 18.7 Å². The van der Waals surface area contributed by atoms with Gasteiger partial charge in [-0.15, -0.1) is 0 Å². The van der Waals surface area contributed by atoms with Gasteiger partial charge in [-0.2, -0.15) is 0 Å². The molecule has 1 heterocycles. The summed E-state index contributed by atoms with van der Waals surface area (Å²) in [6.07, 6.45) is 1.10. The molecule has 1 aromatic carbocycles. The van der Waals surface area contributed by atoms with Gasteiger partial charge >= 0.3 is 5.97 Å². The molecule has 19 heavy (non-hydrogen) atoms. The molecule has 1 aliphatic rings. The van der Waals surface area contributed by atoms with E-state index in [4.69, 9.17) is 5.73 Å². The summed E-state index contributed by atoms with van der Waals surface area (Å²) in [5, 5.41) is 9.55. The van der Waals surface area contributed by atoms with Crippen molar-refractivity contribution in [3.63, 3.8) is 0 Å². The molecule has 1 aliphatic heterocycles. The van der Waals surface area contributed by atoms with Gasteiger partial charge in [0.15, 0.2) is 5.54 Å². The number of carboxylic acids is 1. The Hall–Kier alpha value is -1.39. The number of hydrogen-bond donors (Lipinski definition) is 2. The van der Waals surface area contributed by atoms with Gasteiger partial charge in [-0.25, -0.2) is 4.79 Å². The number of nitrogens with zero attached hydrogens (tertiary/aromatic N) is 1. The molecule has 3 unspecified atom stereocenters. The quantitative estimate of drug-likeness (QED) is 0.866. The van der Waals surface area contributed by atoms with Gasteiger partial charge in [0.05, 0.1) is 0 Å². The third-order valence-corrected chi connectivity index (χ3v) is 4.04. The maximum absolute atomic E-state index is 11.6. The summed E-state index contributed by atoms with van der Waals surface area (Å²) in [6, 6.07) is 9.50. The Morgan fingerprint density at radius 1 is 1.42 bits per heavy atom. The topological polar surface area (TPSA) is 66.6 Å². The van der Waals surface area contributed by atoms with E-state index in [1.165, 1.54) is 0 Å². The number of aliphatic carboxylic acids is 1. The molecule has 104 valence electrons. The second-order valence-electron chi connectivity index (χ2n) is 5.76. The lowest BCUT2D eigenvalue weighted by Gasteiger charge is -2.32. The molecule has 1 saturated heterocycles. The average molecular weight is 262 g/mol. The maximum Gasteiger partial charge on any atom is 0.329 e. The molecular formula is C15H22N2O2. The Morgan fingerprint density at radius 3 is 2.53 bits per heavy atom. The molecule has 4 nitrogen and oxygen atoms in total. The molecule has 3 N–H and O–H groups in total. The largest absolute Gasteiger partial charge is 0.480 e. The van der Waals surface area contributed by atoms with Gasteiger partial charge in [0.25, 0.3) is 0 Å². The van der Waals surface area contributed by atoms with Gasteiger partial charge in [0, 0.05) is 19.1 Å². The van der Waals surface area contributed by atoms with E-state index in [-0.39, 0.29) is 0 Å².